The molecule has 0 radical (unpaired) electrons. The first-order valence-corrected chi connectivity index (χ1v) is 13.3. The molecule has 0 atom stereocenters. The van der Waals surface area contributed by atoms with Gasteiger partial charge in [0.15, 0.2) is 0 Å². The summed E-state index contributed by atoms with van der Waals surface area (Å²) in [4.78, 5) is 43.5. The minimum Gasteiger partial charge on any atom is -0.360 e. The number of nitrogens with one attached hydrogen (secondary N) is 2. The van der Waals surface area contributed by atoms with Crippen LogP contribution in [-0.4, -0.2) is 52.7 Å². The van der Waals surface area contributed by atoms with Crippen molar-refractivity contribution in [1.29, 1.82) is 0 Å². The first-order chi connectivity index (χ1) is 20.2. The summed E-state index contributed by atoms with van der Waals surface area (Å²) in [5.74, 6) is -0.376. The largest absolute Gasteiger partial charge is 0.428 e. The van der Waals surface area contributed by atoms with E-state index < -0.39 is 23.9 Å². The van der Waals surface area contributed by atoms with Gasteiger partial charge in [0.05, 0.1) is 16.8 Å². The van der Waals surface area contributed by atoms with Gasteiger partial charge in [0.25, 0.3) is 5.91 Å². The number of carbonyl (C=O) groups is 3. The van der Waals surface area contributed by atoms with Gasteiger partial charge >= 0.3 is 18.4 Å². The lowest BCUT2D eigenvalue weighted by atomic mass is 9.95. The van der Waals surface area contributed by atoms with Crippen LogP contribution < -0.4 is 5.32 Å². The quantitative estimate of drug-likeness (QED) is 0.226. The van der Waals surface area contributed by atoms with Crippen LogP contribution in [0.2, 0.25) is 0 Å². The van der Waals surface area contributed by atoms with E-state index in [1.54, 1.807) is 36.5 Å². The Bertz CT molecular complexity index is 1850. The van der Waals surface area contributed by atoms with Gasteiger partial charge < -0.3 is 19.9 Å². The number of alkyl halides is 3. The molecule has 0 bridgehead atoms. The van der Waals surface area contributed by atoms with Crippen LogP contribution in [0.5, 0.6) is 0 Å². The number of H-pyrrole nitrogens is 1. The van der Waals surface area contributed by atoms with E-state index in [1.807, 2.05) is 12.1 Å². The molecular weight excluding hydrogens is 549 g/mol. The van der Waals surface area contributed by atoms with Crippen LogP contribution in [0.25, 0.3) is 44.2 Å². The number of amides is 2. The average Bonchev–Trinajstić information content (AvgIpc) is 3.74. The number of fused-ring (bicyclic) bond motifs is 2. The van der Waals surface area contributed by atoms with Gasteiger partial charge in [0.2, 0.25) is 0 Å². The molecule has 42 heavy (non-hydrogen) atoms. The van der Waals surface area contributed by atoms with Crippen molar-refractivity contribution in [2.24, 2.45) is 0 Å². The van der Waals surface area contributed by atoms with E-state index in [1.165, 1.54) is 28.6 Å². The molecule has 0 saturated carbocycles. The Kier molecular flexibility index (Phi) is 6.72. The Morgan fingerprint density at radius 3 is 2.31 bits per heavy atom. The molecule has 8 nitrogen and oxygen atoms in total. The zero-order chi connectivity index (χ0) is 29.6. The number of para-hydroxylation sites is 1. The molecule has 0 unspecified atom stereocenters. The first-order valence-electron chi connectivity index (χ1n) is 13.3. The van der Waals surface area contributed by atoms with E-state index in [4.69, 9.17) is 4.74 Å². The molecule has 1 saturated heterocycles. The molecule has 3 heterocycles. The van der Waals surface area contributed by atoms with Crippen molar-refractivity contribution in [3.8, 4) is 22.4 Å². The number of ether oxygens (including phenoxy) is 1. The molecule has 1 fully saturated rings. The van der Waals surface area contributed by atoms with Crippen LogP contribution in [-0.2, 0) is 10.9 Å². The first kappa shape index (κ1) is 27.1. The maximum Gasteiger partial charge on any atom is 0.428 e. The number of rotatable bonds is 3. The second-order valence-electron chi connectivity index (χ2n) is 10.1. The Morgan fingerprint density at radius 1 is 0.905 bits per heavy atom. The Balaban J connectivity index is 1.54. The average molecular weight is 575 g/mol. The normalized spacial score (nSPS) is 13.6. The molecule has 0 aliphatic carbocycles. The number of carbonyl (C=O) groups excluding carboxylic acids is 3. The molecular formula is C31H25F3N4O4. The van der Waals surface area contributed by atoms with Gasteiger partial charge in [0, 0.05) is 53.8 Å². The standard InChI is InChI=1S/C31H25F3N4O4/c1-35-28(39)20-14-22(18-8-10-21(11-9-18)31(32,33)34)27-23(17-36-24(27)15-20)26-16-19-6-2-3-7-25(19)38(26)30(41)42-29(40)37-12-4-5-13-37/h2-3,6-11,14-17,36H,4-5,12-13H2,1H3,(H,35,39). The maximum atomic E-state index is 13.5. The molecule has 6 rings (SSSR count). The minimum absolute atomic E-state index is 0.296. The van der Waals surface area contributed by atoms with Crippen molar-refractivity contribution in [2.45, 2.75) is 19.0 Å². The summed E-state index contributed by atoms with van der Waals surface area (Å²) in [6.07, 6.45) is -2.78. The molecule has 11 heteroatoms. The summed E-state index contributed by atoms with van der Waals surface area (Å²) in [5, 5.41) is 3.86. The summed E-state index contributed by atoms with van der Waals surface area (Å²) in [5.41, 5.74) is 2.39. The van der Waals surface area contributed by atoms with Gasteiger partial charge in [-0.25, -0.2) is 14.2 Å². The van der Waals surface area contributed by atoms with Gasteiger partial charge in [-0.15, -0.1) is 0 Å². The summed E-state index contributed by atoms with van der Waals surface area (Å²) >= 11 is 0. The van der Waals surface area contributed by atoms with Crippen molar-refractivity contribution in [2.75, 3.05) is 20.1 Å². The molecule has 214 valence electrons. The van der Waals surface area contributed by atoms with E-state index in [0.29, 0.717) is 62.8 Å². The lowest BCUT2D eigenvalue weighted by Crippen LogP contribution is -2.31. The molecule has 1 aliphatic heterocycles. The summed E-state index contributed by atoms with van der Waals surface area (Å²) in [7, 11) is 1.48. The second-order valence-corrected chi connectivity index (χ2v) is 10.1. The summed E-state index contributed by atoms with van der Waals surface area (Å²) in [6.45, 7) is 1.02. The number of likely N-dealkylation sites (tertiary alicyclic amines) is 1. The number of hydrogen-bond acceptors (Lipinski definition) is 4. The third kappa shape index (κ3) is 4.76. The molecule has 0 spiro atoms. The lowest BCUT2D eigenvalue weighted by molar-refractivity contribution is -0.137. The highest BCUT2D eigenvalue weighted by atomic mass is 19.4. The van der Waals surface area contributed by atoms with E-state index in [2.05, 4.69) is 10.3 Å². The number of aromatic amines is 1. The summed E-state index contributed by atoms with van der Waals surface area (Å²) in [6, 6.07) is 16.8. The fraction of sp³-hybridized carbons (Fsp3) is 0.194. The van der Waals surface area contributed by atoms with E-state index >= 15 is 0 Å². The van der Waals surface area contributed by atoms with Crippen LogP contribution in [0.4, 0.5) is 22.8 Å². The van der Waals surface area contributed by atoms with Gasteiger partial charge in [-0.1, -0.05) is 30.3 Å². The molecule has 5 aromatic rings. The van der Waals surface area contributed by atoms with Crippen LogP contribution >= 0.6 is 0 Å². The highest BCUT2D eigenvalue weighted by molar-refractivity contribution is 6.11. The number of hydrogen-bond donors (Lipinski definition) is 2. The highest BCUT2D eigenvalue weighted by Gasteiger charge is 2.31. The Labute approximate surface area is 237 Å². The van der Waals surface area contributed by atoms with Gasteiger partial charge in [-0.05, 0) is 60.4 Å². The van der Waals surface area contributed by atoms with E-state index in [9.17, 15) is 27.6 Å². The van der Waals surface area contributed by atoms with Gasteiger partial charge in [0.1, 0.15) is 0 Å². The van der Waals surface area contributed by atoms with Crippen molar-refractivity contribution < 1.29 is 32.3 Å². The van der Waals surface area contributed by atoms with Crippen molar-refractivity contribution in [3.05, 3.63) is 84.1 Å². The third-order valence-electron chi connectivity index (χ3n) is 7.50. The van der Waals surface area contributed by atoms with Gasteiger partial charge in [-0.2, -0.15) is 13.2 Å². The second kappa shape index (κ2) is 10.4. The zero-order valence-electron chi connectivity index (χ0n) is 22.4. The molecule has 2 N–H and O–H groups in total. The fourth-order valence-electron chi connectivity index (χ4n) is 5.45. The highest BCUT2D eigenvalue weighted by Crippen LogP contribution is 2.40. The molecule has 1 aliphatic rings. The third-order valence-corrected chi connectivity index (χ3v) is 7.50. The predicted octanol–water partition coefficient (Wildman–Crippen LogP) is 7.04. The van der Waals surface area contributed by atoms with Crippen molar-refractivity contribution in [1.82, 2.24) is 19.8 Å². The predicted molar refractivity (Wildman–Crippen MR) is 151 cm³/mol. The topological polar surface area (TPSA) is 96.4 Å². The number of aromatic nitrogens is 2. The Hall–Kier alpha value is -5.06. The van der Waals surface area contributed by atoms with Crippen LogP contribution in [0.15, 0.2) is 72.9 Å². The maximum absolute atomic E-state index is 13.5. The SMILES string of the molecule is CNC(=O)c1cc(-c2ccc(C(F)(F)F)cc2)c2c(-c3cc4ccccc4n3C(=O)OC(=O)N3CCCC3)c[nH]c2c1. The Morgan fingerprint density at radius 2 is 1.62 bits per heavy atom. The minimum atomic E-state index is -4.51. The van der Waals surface area contributed by atoms with Crippen LogP contribution in [0.3, 0.4) is 0 Å². The summed E-state index contributed by atoms with van der Waals surface area (Å²) < 4.78 is 46.5. The van der Waals surface area contributed by atoms with Gasteiger partial charge in [-0.3, -0.25) is 4.79 Å². The smallest absolute Gasteiger partial charge is 0.360 e. The zero-order valence-corrected chi connectivity index (χ0v) is 22.4. The fourth-order valence-corrected chi connectivity index (χ4v) is 5.45. The van der Waals surface area contributed by atoms with Crippen LogP contribution in [0, 0.1) is 0 Å². The van der Waals surface area contributed by atoms with Crippen molar-refractivity contribution in [3.63, 3.8) is 0 Å². The molecule has 3 aromatic carbocycles. The number of benzene rings is 3. The number of nitrogens with zero attached hydrogens (tertiary/aromatic N) is 2. The van der Waals surface area contributed by atoms with E-state index in [-0.39, 0.29) is 5.91 Å². The molecule has 2 aromatic heterocycles. The lowest BCUT2D eigenvalue weighted by Gasteiger charge is -2.16. The van der Waals surface area contributed by atoms with E-state index in [0.717, 1.165) is 25.0 Å². The van der Waals surface area contributed by atoms with Crippen LogP contribution in [0.1, 0.15) is 28.8 Å². The molecule has 2 amide bonds. The number of halogens is 3. The van der Waals surface area contributed by atoms with Crippen molar-refractivity contribution >= 4 is 39.9 Å². The monoisotopic (exact) mass is 574 g/mol.